The Morgan fingerprint density at radius 1 is 1.15 bits per heavy atom. The normalized spacial score (nSPS) is 11.9. The Morgan fingerprint density at radius 2 is 1.82 bits per heavy atom. The highest BCUT2D eigenvalue weighted by molar-refractivity contribution is 6.33. The number of hydrogen-bond acceptors (Lipinski definition) is 4. The van der Waals surface area contributed by atoms with Crippen molar-refractivity contribution in [3.63, 3.8) is 0 Å². The van der Waals surface area contributed by atoms with Crippen molar-refractivity contribution in [1.82, 2.24) is 9.88 Å². The van der Waals surface area contributed by atoms with E-state index in [1.807, 2.05) is 19.1 Å². The number of aliphatic carboxylic acids is 1. The zero-order valence-electron chi connectivity index (χ0n) is 19.1. The lowest BCUT2D eigenvalue weighted by Crippen LogP contribution is -2.33. The van der Waals surface area contributed by atoms with Crippen LogP contribution in [0.25, 0.3) is 10.9 Å². The van der Waals surface area contributed by atoms with E-state index >= 15 is 0 Å². The molecule has 1 amide bonds. The molecular weight excluding hydrogens is 444 g/mol. The van der Waals surface area contributed by atoms with Crippen LogP contribution < -0.4 is 10.1 Å². The highest BCUT2D eigenvalue weighted by Gasteiger charge is 2.24. The minimum Gasteiger partial charge on any atom is -0.495 e. The Hall–Kier alpha value is -3.32. The van der Waals surface area contributed by atoms with Crippen LogP contribution in [0.1, 0.15) is 40.5 Å². The Bertz CT molecular complexity index is 1210. The molecule has 7 nitrogen and oxygen atoms in total. The van der Waals surface area contributed by atoms with Crippen LogP contribution in [0.4, 0.5) is 0 Å². The van der Waals surface area contributed by atoms with E-state index < -0.39 is 11.9 Å². The first-order valence-corrected chi connectivity index (χ1v) is 11.0. The Kier molecular flexibility index (Phi) is 7.43. The average Bonchev–Trinajstić information content (AvgIpc) is 3.03. The molecule has 0 radical (unpaired) electrons. The predicted octanol–water partition coefficient (Wildman–Crippen LogP) is 4.38. The second-order valence-corrected chi connectivity index (χ2v) is 8.41. The van der Waals surface area contributed by atoms with Crippen molar-refractivity contribution in [2.45, 2.75) is 33.6 Å². The lowest BCUT2D eigenvalue weighted by atomic mass is 10.1. The second kappa shape index (κ2) is 10.1. The Labute approximate surface area is 197 Å². The highest BCUT2D eigenvalue weighted by atomic mass is 35.5. The molecule has 2 N–H and O–H groups in total. The zero-order valence-corrected chi connectivity index (χ0v) is 19.8. The van der Waals surface area contributed by atoms with Crippen LogP contribution in [0, 0.1) is 19.8 Å². The number of carbonyl (C=O) groups excluding carboxylic acids is 2. The van der Waals surface area contributed by atoms with Crippen molar-refractivity contribution in [2.75, 3.05) is 13.7 Å². The lowest BCUT2D eigenvalue weighted by molar-refractivity contribution is -0.141. The molecule has 3 rings (SSSR count). The first-order valence-electron chi connectivity index (χ1n) is 10.7. The van der Waals surface area contributed by atoms with Gasteiger partial charge in [-0.25, -0.2) is 0 Å². The van der Waals surface area contributed by atoms with Gasteiger partial charge in [0.1, 0.15) is 5.75 Å². The van der Waals surface area contributed by atoms with Crippen LogP contribution in [0.5, 0.6) is 5.75 Å². The highest BCUT2D eigenvalue weighted by Crippen LogP contribution is 2.35. The number of halogens is 1. The van der Waals surface area contributed by atoms with E-state index in [1.54, 1.807) is 42.7 Å². The first-order chi connectivity index (χ1) is 15.7. The number of benzene rings is 2. The number of carboxylic acid groups (broad SMARTS) is 1. The first kappa shape index (κ1) is 24.3. The summed E-state index contributed by atoms with van der Waals surface area (Å²) < 4.78 is 6.90. The number of nitrogens with one attached hydrogen (secondary N) is 1. The number of carboxylic acids is 1. The van der Waals surface area contributed by atoms with Crippen molar-refractivity contribution in [3.8, 4) is 5.75 Å². The molecule has 1 aromatic heterocycles. The lowest BCUT2D eigenvalue weighted by Gasteiger charge is -2.11. The van der Waals surface area contributed by atoms with Crippen LogP contribution in [-0.4, -0.2) is 41.1 Å². The van der Waals surface area contributed by atoms with E-state index in [0.717, 1.165) is 5.56 Å². The number of methoxy groups -OCH3 is 1. The summed E-state index contributed by atoms with van der Waals surface area (Å²) >= 11 is 6.36. The third-order valence-electron chi connectivity index (χ3n) is 5.83. The molecule has 1 unspecified atom stereocenters. The average molecular weight is 471 g/mol. The summed E-state index contributed by atoms with van der Waals surface area (Å²) in [6, 6.07) is 10.6. The van der Waals surface area contributed by atoms with Gasteiger partial charge in [0.2, 0.25) is 5.91 Å². The van der Waals surface area contributed by atoms with Crippen LogP contribution in [0.2, 0.25) is 5.02 Å². The largest absolute Gasteiger partial charge is 0.495 e. The number of amides is 1. The summed E-state index contributed by atoms with van der Waals surface area (Å²) in [6.45, 7) is 5.52. The van der Waals surface area contributed by atoms with Crippen molar-refractivity contribution in [3.05, 3.63) is 63.8 Å². The minimum atomic E-state index is -0.950. The SMILES string of the molecule is CCC(CNC(=O)Cc1c(C)n(C(=O)c2ccc(C)cc2)c2cc(Cl)c(OC)cc12)C(=O)O. The van der Waals surface area contributed by atoms with Crippen molar-refractivity contribution in [2.24, 2.45) is 5.92 Å². The Balaban J connectivity index is 2.04. The van der Waals surface area contributed by atoms with E-state index in [-0.39, 0.29) is 24.8 Å². The summed E-state index contributed by atoms with van der Waals surface area (Å²) in [4.78, 5) is 37.4. The van der Waals surface area contributed by atoms with Crippen LogP contribution >= 0.6 is 11.6 Å². The molecule has 0 bridgehead atoms. The molecule has 1 atom stereocenters. The molecule has 8 heteroatoms. The summed E-state index contributed by atoms with van der Waals surface area (Å²) in [5, 5.41) is 12.9. The van der Waals surface area contributed by atoms with E-state index in [1.165, 1.54) is 7.11 Å². The minimum absolute atomic E-state index is 0.0165. The molecular formula is C25H27ClN2O5. The van der Waals surface area contributed by atoms with Crippen LogP contribution in [0.3, 0.4) is 0 Å². The maximum atomic E-state index is 13.4. The van der Waals surface area contributed by atoms with Gasteiger partial charge in [0, 0.05) is 23.2 Å². The fraction of sp³-hybridized carbons (Fsp3) is 0.320. The molecule has 0 spiro atoms. The van der Waals surface area contributed by atoms with Gasteiger partial charge in [-0.15, -0.1) is 0 Å². The summed E-state index contributed by atoms with van der Waals surface area (Å²) in [5.41, 5.74) is 3.39. The number of nitrogens with zero attached hydrogens (tertiary/aromatic N) is 1. The van der Waals surface area contributed by atoms with Crippen molar-refractivity contribution >= 4 is 40.3 Å². The predicted molar refractivity (Wildman–Crippen MR) is 127 cm³/mol. The zero-order chi connectivity index (χ0) is 24.3. The summed E-state index contributed by atoms with van der Waals surface area (Å²) in [5.74, 6) is -1.73. The molecule has 0 saturated heterocycles. The monoisotopic (exact) mass is 470 g/mol. The van der Waals surface area contributed by atoms with Gasteiger partial charge < -0.3 is 15.2 Å². The fourth-order valence-corrected chi connectivity index (χ4v) is 4.05. The molecule has 0 fully saturated rings. The number of aromatic nitrogens is 1. The second-order valence-electron chi connectivity index (χ2n) is 8.00. The van der Waals surface area contributed by atoms with Crippen LogP contribution in [-0.2, 0) is 16.0 Å². The number of ether oxygens (including phenoxy) is 1. The van der Waals surface area contributed by atoms with Crippen molar-refractivity contribution < 1.29 is 24.2 Å². The number of hydrogen-bond donors (Lipinski definition) is 2. The standard InChI is InChI=1S/C25H27ClN2O5/c1-5-16(25(31)32)13-27-23(29)11-18-15(3)28(24(30)17-8-6-14(2)7-9-17)21-12-20(26)22(33-4)10-19(18)21/h6-10,12,16H,5,11,13H2,1-4H3,(H,27,29)(H,31,32). The van der Waals surface area contributed by atoms with E-state index in [0.29, 0.717) is 44.9 Å². The Morgan fingerprint density at radius 3 is 2.39 bits per heavy atom. The van der Waals surface area contributed by atoms with Gasteiger partial charge in [-0.2, -0.15) is 0 Å². The summed E-state index contributed by atoms with van der Waals surface area (Å²) in [7, 11) is 1.50. The van der Waals surface area contributed by atoms with Gasteiger partial charge in [0.15, 0.2) is 0 Å². The van der Waals surface area contributed by atoms with Gasteiger partial charge in [-0.1, -0.05) is 36.2 Å². The van der Waals surface area contributed by atoms with Gasteiger partial charge in [0.25, 0.3) is 5.91 Å². The number of aryl methyl sites for hydroxylation is 1. The number of fused-ring (bicyclic) bond motifs is 1. The molecule has 0 aliphatic heterocycles. The smallest absolute Gasteiger partial charge is 0.308 e. The molecule has 0 saturated carbocycles. The molecule has 3 aromatic rings. The summed E-state index contributed by atoms with van der Waals surface area (Å²) in [6.07, 6.45) is 0.395. The van der Waals surface area contributed by atoms with E-state index in [2.05, 4.69) is 5.32 Å². The third kappa shape index (κ3) is 5.03. The maximum Gasteiger partial charge on any atom is 0.308 e. The van der Waals surface area contributed by atoms with Gasteiger partial charge >= 0.3 is 5.97 Å². The topological polar surface area (TPSA) is 97.6 Å². The molecule has 0 aliphatic rings. The van der Waals surface area contributed by atoms with Gasteiger partial charge in [0.05, 0.1) is 30.0 Å². The van der Waals surface area contributed by atoms with Crippen LogP contribution in [0.15, 0.2) is 36.4 Å². The van der Waals surface area contributed by atoms with Gasteiger partial charge in [-0.3, -0.25) is 19.0 Å². The fourth-order valence-electron chi connectivity index (χ4n) is 3.81. The van der Waals surface area contributed by atoms with E-state index in [4.69, 9.17) is 16.3 Å². The third-order valence-corrected chi connectivity index (χ3v) is 6.13. The molecule has 2 aromatic carbocycles. The maximum absolute atomic E-state index is 13.4. The van der Waals surface area contributed by atoms with E-state index in [9.17, 15) is 19.5 Å². The quantitative estimate of drug-likeness (QED) is 0.509. The van der Waals surface area contributed by atoms with Gasteiger partial charge in [-0.05, 0) is 50.1 Å². The molecule has 1 heterocycles. The van der Waals surface area contributed by atoms with Crippen molar-refractivity contribution in [1.29, 1.82) is 0 Å². The molecule has 0 aliphatic carbocycles. The number of carbonyl (C=O) groups is 3. The molecule has 174 valence electrons. The molecule has 33 heavy (non-hydrogen) atoms. The number of rotatable bonds is 8.